The van der Waals surface area contributed by atoms with Crippen molar-refractivity contribution in [3.63, 3.8) is 0 Å². The molecular weight excluding hydrogens is 283 g/mol. The third-order valence-corrected chi connectivity index (χ3v) is 12.4. The maximum absolute atomic E-state index is 2.47. The number of hydrogen-bond acceptors (Lipinski definition) is 0. The third-order valence-electron chi connectivity index (χ3n) is 4.99. The van der Waals surface area contributed by atoms with Gasteiger partial charge in [0.2, 0.25) is 0 Å². The van der Waals surface area contributed by atoms with E-state index in [1.54, 1.807) is 5.30 Å². The fraction of sp³-hybridized carbons (Fsp3) is 0.714. The Balaban J connectivity index is 4.05. The SMILES string of the molecule is Cc1cc(C)c([P+](C(C)(C)C)(C(C)(C)C)C(C)(C)C)c(C)c1. The van der Waals surface area contributed by atoms with Crippen molar-refractivity contribution in [2.75, 3.05) is 0 Å². The molecular formula is C21H38P+. The average molecular weight is 322 g/mol. The zero-order valence-corrected chi connectivity index (χ0v) is 18.0. The van der Waals surface area contributed by atoms with Gasteiger partial charge in [0.05, 0.1) is 22.7 Å². The lowest BCUT2D eigenvalue weighted by atomic mass is 10.1. The first-order valence-electron chi connectivity index (χ1n) is 8.55. The Kier molecular flexibility index (Phi) is 5.04. The Labute approximate surface area is 140 Å². The maximum atomic E-state index is 2.47. The highest BCUT2D eigenvalue weighted by atomic mass is 31.2. The monoisotopic (exact) mass is 321 g/mol. The molecule has 0 fully saturated rings. The fourth-order valence-electron chi connectivity index (χ4n) is 5.73. The summed E-state index contributed by atoms with van der Waals surface area (Å²) in [5, 5.41) is 2.49. The molecule has 0 nitrogen and oxygen atoms in total. The van der Waals surface area contributed by atoms with Gasteiger partial charge in [0.15, 0.2) is 0 Å². The maximum Gasteiger partial charge on any atom is 0.101 e. The van der Waals surface area contributed by atoms with Gasteiger partial charge in [-0.05, 0) is 94.2 Å². The van der Waals surface area contributed by atoms with E-state index in [1.807, 2.05) is 0 Å². The molecule has 1 rings (SSSR count). The van der Waals surface area contributed by atoms with E-state index < -0.39 is 7.26 Å². The van der Waals surface area contributed by atoms with Crippen molar-refractivity contribution in [2.24, 2.45) is 0 Å². The zero-order chi connectivity index (χ0) is 17.7. The first-order chi connectivity index (χ1) is 9.57. The van der Waals surface area contributed by atoms with Gasteiger partial charge in [-0.3, -0.25) is 0 Å². The van der Waals surface area contributed by atoms with Crippen LogP contribution in [0.4, 0.5) is 0 Å². The van der Waals surface area contributed by atoms with Crippen molar-refractivity contribution >= 4 is 12.6 Å². The molecule has 1 aromatic carbocycles. The van der Waals surface area contributed by atoms with Crippen LogP contribution in [0.2, 0.25) is 0 Å². The zero-order valence-electron chi connectivity index (χ0n) is 17.1. The van der Waals surface area contributed by atoms with E-state index in [0.29, 0.717) is 0 Å². The molecule has 0 heterocycles. The van der Waals surface area contributed by atoms with Gasteiger partial charge in [-0.25, -0.2) is 0 Å². The highest BCUT2D eigenvalue weighted by molar-refractivity contribution is 7.86. The van der Waals surface area contributed by atoms with Gasteiger partial charge in [0.1, 0.15) is 5.30 Å². The molecule has 0 N–H and O–H groups in total. The van der Waals surface area contributed by atoms with Crippen molar-refractivity contribution in [1.29, 1.82) is 0 Å². The molecule has 0 amide bonds. The standard InChI is InChI=1S/C21H38P/c1-15-13-16(2)18(17(3)14-15)22(19(4,5)6,20(7,8)9)21(10,11)12/h13-14H,1-12H3/q+1. The number of rotatable bonds is 1. The van der Waals surface area contributed by atoms with Crippen LogP contribution in [0.1, 0.15) is 79.0 Å². The van der Waals surface area contributed by atoms with Crippen LogP contribution in [-0.2, 0) is 0 Å². The molecule has 1 aromatic rings. The second kappa shape index (κ2) is 5.62. The van der Waals surface area contributed by atoms with E-state index in [1.165, 1.54) is 16.7 Å². The van der Waals surface area contributed by atoms with Crippen LogP contribution >= 0.6 is 7.26 Å². The van der Waals surface area contributed by atoms with E-state index in [4.69, 9.17) is 0 Å². The summed E-state index contributed by atoms with van der Waals surface area (Å²) < 4.78 is 0. The van der Waals surface area contributed by atoms with E-state index in [-0.39, 0.29) is 15.5 Å². The summed E-state index contributed by atoms with van der Waals surface area (Å²) in [5.74, 6) is 0. The van der Waals surface area contributed by atoms with Crippen LogP contribution < -0.4 is 5.30 Å². The van der Waals surface area contributed by atoms with Crippen molar-refractivity contribution in [2.45, 2.75) is 98.6 Å². The molecule has 0 bridgehead atoms. The summed E-state index contributed by atoms with van der Waals surface area (Å²) in [7, 11) is -1.50. The average Bonchev–Trinajstić information content (AvgIpc) is 2.16. The minimum absolute atomic E-state index is 0.272. The summed E-state index contributed by atoms with van der Waals surface area (Å²) in [5.41, 5.74) is 4.37. The van der Waals surface area contributed by atoms with Crippen LogP contribution in [-0.4, -0.2) is 15.5 Å². The van der Waals surface area contributed by atoms with Crippen LogP contribution in [0.3, 0.4) is 0 Å². The van der Waals surface area contributed by atoms with Gasteiger partial charge in [-0.2, -0.15) is 0 Å². The summed E-state index contributed by atoms with van der Waals surface area (Å²) in [6, 6.07) is 4.78. The predicted octanol–water partition coefficient (Wildman–Crippen LogP) is 6.65. The second-order valence-electron chi connectivity index (χ2n) is 9.93. The topological polar surface area (TPSA) is 0 Å². The largest absolute Gasteiger partial charge is 0.101 e. The lowest BCUT2D eigenvalue weighted by Crippen LogP contribution is -2.50. The Morgan fingerprint density at radius 3 is 1.09 bits per heavy atom. The molecule has 22 heavy (non-hydrogen) atoms. The highest BCUT2D eigenvalue weighted by Crippen LogP contribution is 2.82. The summed E-state index contributed by atoms with van der Waals surface area (Å²) in [4.78, 5) is 0. The van der Waals surface area contributed by atoms with Gasteiger partial charge in [0, 0.05) is 0 Å². The third kappa shape index (κ3) is 2.89. The molecule has 0 aliphatic heterocycles. The fourth-order valence-corrected chi connectivity index (χ4v) is 15.0. The smallest absolute Gasteiger partial charge is 0.0524 e. The van der Waals surface area contributed by atoms with Crippen LogP contribution in [0.15, 0.2) is 12.1 Å². The minimum atomic E-state index is -1.50. The lowest BCUT2D eigenvalue weighted by Gasteiger charge is -2.55. The molecule has 0 atom stereocenters. The molecule has 0 aliphatic rings. The van der Waals surface area contributed by atoms with Gasteiger partial charge >= 0.3 is 0 Å². The van der Waals surface area contributed by atoms with Crippen molar-refractivity contribution in [3.05, 3.63) is 28.8 Å². The highest BCUT2D eigenvalue weighted by Gasteiger charge is 2.66. The molecule has 0 saturated heterocycles. The Hall–Kier alpha value is -0.350. The molecule has 0 radical (unpaired) electrons. The first-order valence-corrected chi connectivity index (χ1v) is 10.3. The Morgan fingerprint density at radius 1 is 0.591 bits per heavy atom. The number of hydrogen-bond donors (Lipinski definition) is 0. The van der Waals surface area contributed by atoms with E-state index in [9.17, 15) is 0 Å². The second-order valence-corrected chi connectivity index (χ2v) is 15.7. The normalized spacial score (nSPS) is 14.4. The summed E-state index contributed by atoms with van der Waals surface area (Å²) in [6.07, 6.45) is 0. The van der Waals surface area contributed by atoms with Gasteiger partial charge in [-0.15, -0.1) is 0 Å². The van der Waals surface area contributed by atoms with Crippen molar-refractivity contribution in [1.82, 2.24) is 0 Å². The molecule has 126 valence electrons. The summed E-state index contributed by atoms with van der Waals surface area (Å²) >= 11 is 0. The molecule has 0 spiro atoms. The number of aryl methyl sites for hydroxylation is 3. The van der Waals surface area contributed by atoms with E-state index in [2.05, 4.69) is 95.2 Å². The van der Waals surface area contributed by atoms with Gasteiger partial charge in [-0.1, -0.05) is 17.7 Å². The Bertz CT molecular complexity index is 486. The van der Waals surface area contributed by atoms with Crippen molar-refractivity contribution < 1.29 is 0 Å². The van der Waals surface area contributed by atoms with E-state index in [0.717, 1.165) is 0 Å². The van der Waals surface area contributed by atoms with Crippen LogP contribution in [0.5, 0.6) is 0 Å². The summed E-state index contributed by atoms with van der Waals surface area (Å²) in [6.45, 7) is 29.1. The molecule has 0 saturated carbocycles. The minimum Gasteiger partial charge on any atom is -0.0524 e. The molecule has 0 unspecified atom stereocenters. The quantitative estimate of drug-likeness (QED) is 0.508. The van der Waals surface area contributed by atoms with Crippen LogP contribution in [0.25, 0.3) is 0 Å². The molecule has 0 aliphatic carbocycles. The Morgan fingerprint density at radius 2 is 0.864 bits per heavy atom. The van der Waals surface area contributed by atoms with E-state index >= 15 is 0 Å². The molecule has 1 heteroatoms. The first kappa shape index (κ1) is 19.7. The predicted molar refractivity (Wildman–Crippen MR) is 106 cm³/mol. The van der Waals surface area contributed by atoms with Gasteiger partial charge < -0.3 is 0 Å². The number of benzene rings is 1. The van der Waals surface area contributed by atoms with Crippen molar-refractivity contribution in [3.8, 4) is 0 Å². The van der Waals surface area contributed by atoms with Crippen LogP contribution in [0, 0.1) is 20.8 Å². The lowest BCUT2D eigenvalue weighted by molar-refractivity contribution is 0.628. The van der Waals surface area contributed by atoms with Gasteiger partial charge in [0.25, 0.3) is 0 Å². The molecule has 0 aromatic heterocycles.